The monoisotopic (exact) mass is 208 g/mol. The van der Waals surface area contributed by atoms with Crippen molar-refractivity contribution in [3.05, 3.63) is 46.0 Å². The number of furan rings is 1. The van der Waals surface area contributed by atoms with Crippen molar-refractivity contribution in [2.45, 2.75) is 19.4 Å². The lowest BCUT2D eigenvalue weighted by Gasteiger charge is -2.21. The fourth-order valence-corrected chi connectivity index (χ4v) is 2.55. The summed E-state index contributed by atoms with van der Waals surface area (Å²) in [5, 5.41) is 12.4. The SMILES string of the molecule is Cc1ccsc1C(C)(O)c1ccoc1. The minimum atomic E-state index is -0.939. The van der Waals surface area contributed by atoms with Crippen molar-refractivity contribution in [2.24, 2.45) is 0 Å². The molecule has 3 heteroatoms. The minimum Gasteiger partial charge on any atom is -0.472 e. The predicted octanol–water partition coefficient (Wildman–Crippen LogP) is 2.91. The van der Waals surface area contributed by atoms with E-state index in [1.54, 1.807) is 36.9 Å². The van der Waals surface area contributed by atoms with E-state index in [2.05, 4.69) is 0 Å². The zero-order chi connectivity index (χ0) is 10.2. The van der Waals surface area contributed by atoms with Crippen molar-refractivity contribution in [3.63, 3.8) is 0 Å². The van der Waals surface area contributed by atoms with Gasteiger partial charge in [0, 0.05) is 10.4 Å². The molecule has 0 fully saturated rings. The van der Waals surface area contributed by atoms with Gasteiger partial charge in [0.25, 0.3) is 0 Å². The van der Waals surface area contributed by atoms with E-state index >= 15 is 0 Å². The third kappa shape index (κ3) is 1.38. The third-order valence-corrected chi connectivity index (χ3v) is 3.61. The predicted molar refractivity (Wildman–Crippen MR) is 56.4 cm³/mol. The summed E-state index contributed by atoms with van der Waals surface area (Å²) in [6, 6.07) is 3.80. The van der Waals surface area contributed by atoms with Crippen LogP contribution in [-0.2, 0) is 5.60 Å². The van der Waals surface area contributed by atoms with E-state index in [9.17, 15) is 5.11 Å². The molecule has 0 radical (unpaired) electrons. The van der Waals surface area contributed by atoms with Gasteiger partial charge in [-0.15, -0.1) is 11.3 Å². The van der Waals surface area contributed by atoms with Crippen molar-refractivity contribution >= 4 is 11.3 Å². The molecule has 0 saturated heterocycles. The number of hydrogen-bond donors (Lipinski definition) is 1. The Bertz CT molecular complexity index is 412. The van der Waals surface area contributed by atoms with Crippen LogP contribution in [0.1, 0.15) is 22.9 Å². The highest BCUT2D eigenvalue weighted by atomic mass is 32.1. The molecule has 0 spiro atoms. The van der Waals surface area contributed by atoms with E-state index in [1.165, 1.54) is 0 Å². The highest BCUT2D eigenvalue weighted by Gasteiger charge is 2.29. The van der Waals surface area contributed by atoms with E-state index in [0.29, 0.717) is 0 Å². The van der Waals surface area contributed by atoms with Crippen LogP contribution < -0.4 is 0 Å². The van der Waals surface area contributed by atoms with E-state index in [4.69, 9.17) is 4.42 Å². The molecule has 2 aromatic heterocycles. The molecule has 14 heavy (non-hydrogen) atoms. The van der Waals surface area contributed by atoms with Gasteiger partial charge in [-0.1, -0.05) is 0 Å². The van der Waals surface area contributed by atoms with Crippen molar-refractivity contribution in [1.29, 1.82) is 0 Å². The molecule has 2 rings (SSSR count). The average molecular weight is 208 g/mol. The second kappa shape index (κ2) is 3.26. The molecular weight excluding hydrogens is 196 g/mol. The van der Waals surface area contributed by atoms with Gasteiger partial charge in [0.05, 0.1) is 12.5 Å². The van der Waals surface area contributed by atoms with Crippen LogP contribution in [0.3, 0.4) is 0 Å². The van der Waals surface area contributed by atoms with Crippen LogP contribution in [-0.4, -0.2) is 5.11 Å². The van der Waals surface area contributed by atoms with Gasteiger partial charge in [0.15, 0.2) is 0 Å². The normalized spacial score (nSPS) is 15.4. The Morgan fingerprint density at radius 3 is 2.71 bits per heavy atom. The molecular formula is C11H12O2S. The molecule has 0 aliphatic carbocycles. The van der Waals surface area contributed by atoms with Crippen LogP contribution >= 0.6 is 11.3 Å². The molecule has 1 unspecified atom stereocenters. The highest BCUT2D eigenvalue weighted by molar-refractivity contribution is 7.10. The van der Waals surface area contributed by atoms with Crippen LogP contribution in [0.4, 0.5) is 0 Å². The Hall–Kier alpha value is -1.06. The fourth-order valence-electron chi connectivity index (χ4n) is 1.54. The van der Waals surface area contributed by atoms with Gasteiger partial charge in [-0.3, -0.25) is 0 Å². The Morgan fingerprint density at radius 2 is 2.21 bits per heavy atom. The molecule has 0 bridgehead atoms. The topological polar surface area (TPSA) is 33.4 Å². The Balaban J connectivity index is 2.48. The maximum atomic E-state index is 10.4. The van der Waals surface area contributed by atoms with Crippen molar-refractivity contribution in [1.82, 2.24) is 0 Å². The standard InChI is InChI=1S/C11H12O2S/c1-8-4-6-14-10(8)11(2,12)9-3-5-13-7-9/h3-7,12H,1-2H3. The number of rotatable bonds is 2. The van der Waals surface area contributed by atoms with Crippen molar-refractivity contribution in [2.75, 3.05) is 0 Å². The maximum Gasteiger partial charge on any atom is 0.124 e. The number of aliphatic hydroxyl groups is 1. The summed E-state index contributed by atoms with van der Waals surface area (Å²) in [6.07, 6.45) is 3.16. The molecule has 0 amide bonds. The Kier molecular flexibility index (Phi) is 2.21. The second-order valence-corrected chi connectivity index (χ2v) is 4.43. The molecule has 74 valence electrons. The average Bonchev–Trinajstić information content (AvgIpc) is 2.72. The summed E-state index contributed by atoms with van der Waals surface area (Å²) < 4.78 is 4.98. The lowest BCUT2D eigenvalue weighted by molar-refractivity contribution is 0.105. The van der Waals surface area contributed by atoms with Crippen molar-refractivity contribution in [3.8, 4) is 0 Å². The quantitative estimate of drug-likeness (QED) is 0.823. The molecule has 0 aromatic carbocycles. The summed E-state index contributed by atoms with van der Waals surface area (Å²) in [5.41, 5.74) is 0.967. The van der Waals surface area contributed by atoms with Crippen molar-refractivity contribution < 1.29 is 9.52 Å². The highest BCUT2D eigenvalue weighted by Crippen LogP contribution is 2.34. The zero-order valence-corrected chi connectivity index (χ0v) is 8.97. The lowest BCUT2D eigenvalue weighted by Crippen LogP contribution is -2.21. The van der Waals surface area contributed by atoms with Gasteiger partial charge in [-0.25, -0.2) is 0 Å². The van der Waals surface area contributed by atoms with Gasteiger partial charge >= 0.3 is 0 Å². The first-order valence-electron chi connectivity index (χ1n) is 4.42. The number of thiophene rings is 1. The minimum absolute atomic E-state index is 0.794. The molecule has 2 aromatic rings. The molecule has 0 aliphatic rings. The smallest absolute Gasteiger partial charge is 0.124 e. The fraction of sp³-hybridized carbons (Fsp3) is 0.273. The van der Waals surface area contributed by atoms with Gasteiger partial charge < -0.3 is 9.52 Å². The summed E-state index contributed by atoms with van der Waals surface area (Å²) in [7, 11) is 0. The van der Waals surface area contributed by atoms with E-state index in [0.717, 1.165) is 16.0 Å². The van der Waals surface area contributed by atoms with E-state index < -0.39 is 5.60 Å². The van der Waals surface area contributed by atoms with Gasteiger partial charge in [0.1, 0.15) is 5.60 Å². The molecule has 0 saturated carbocycles. The summed E-state index contributed by atoms with van der Waals surface area (Å²) in [4.78, 5) is 0.971. The van der Waals surface area contributed by atoms with Crippen LogP contribution in [0.5, 0.6) is 0 Å². The number of aryl methyl sites for hydroxylation is 1. The summed E-state index contributed by atoms with van der Waals surface area (Å²) in [6.45, 7) is 3.79. The first-order valence-corrected chi connectivity index (χ1v) is 5.30. The summed E-state index contributed by atoms with van der Waals surface area (Å²) in [5.74, 6) is 0. The second-order valence-electron chi connectivity index (χ2n) is 3.52. The molecule has 2 nitrogen and oxygen atoms in total. The third-order valence-electron chi connectivity index (χ3n) is 2.39. The van der Waals surface area contributed by atoms with Crippen LogP contribution in [0.15, 0.2) is 34.5 Å². The Morgan fingerprint density at radius 1 is 1.43 bits per heavy atom. The first kappa shape index (κ1) is 9.49. The molecule has 1 N–H and O–H groups in total. The first-order chi connectivity index (χ1) is 6.62. The molecule has 1 atom stereocenters. The van der Waals surface area contributed by atoms with Crippen LogP contribution in [0.25, 0.3) is 0 Å². The van der Waals surface area contributed by atoms with Gasteiger partial charge in [-0.05, 0) is 36.9 Å². The summed E-state index contributed by atoms with van der Waals surface area (Å²) >= 11 is 1.56. The lowest BCUT2D eigenvalue weighted by atomic mass is 9.95. The van der Waals surface area contributed by atoms with E-state index in [-0.39, 0.29) is 0 Å². The molecule has 2 heterocycles. The molecule has 0 aliphatic heterocycles. The Labute approximate surface area is 86.8 Å². The van der Waals surface area contributed by atoms with Gasteiger partial charge in [-0.2, -0.15) is 0 Å². The van der Waals surface area contributed by atoms with Gasteiger partial charge in [0.2, 0.25) is 0 Å². The van der Waals surface area contributed by atoms with Crippen LogP contribution in [0.2, 0.25) is 0 Å². The largest absolute Gasteiger partial charge is 0.472 e. The number of hydrogen-bond acceptors (Lipinski definition) is 3. The van der Waals surface area contributed by atoms with E-state index in [1.807, 2.05) is 18.4 Å². The maximum absolute atomic E-state index is 10.4. The van der Waals surface area contributed by atoms with Crippen LogP contribution in [0, 0.1) is 6.92 Å². The zero-order valence-electron chi connectivity index (χ0n) is 8.15.